The first kappa shape index (κ1) is 19.4. The number of carbonyl (C=O) groups is 1. The molecule has 0 fully saturated rings. The SMILES string of the molecule is C=C(C)c1cccc(C(C)(C)NC(=O)Nc2ccc3cc(C)c(=O)[nH]c3c2)c1. The lowest BCUT2D eigenvalue weighted by Crippen LogP contribution is -2.43. The van der Waals surface area contributed by atoms with Gasteiger partial charge >= 0.3 is 6.03 Å². The molecule has 0 radical (unpaired) electrons. The van der Waals surface area contributed by atoms with Crippen LogP contribution in [0.5, 0.6) is 0 Å². The molecule has 3 aromatic rings. The van der Waals surface area contributed by atoms with Gasteiger partial charge in [0.15, 0.2) is 0 Å². The molecule has 0 spiro atoms. The number of allylic oxidation sites excluding steroid dienone is 1. The summed E-state index contributed by atoms with van der Waals surface area (Å²) in [6, 6.07) is 14.9. The molecule has 5 nitrogen and oxygen atoms in total. The first-order valence-corrected chi connectivity index (χ1v) is 9.15. The fourth-order valence-electron chi connectivity index (χ4n) is 3.08. The molecule has 0 unspecified atom stereocenters. The number of aromatic amines is 1. The summed E-state index contributed by atoms with van der Waals surface area (Å²) in [5.41, 5.74) is 4.25. The van der Waals surface area contributed by atoms with Crippen molar-refractivity contribution < 1.29 is 4.79 Å². The molecule has 1 heterocycles. The summed E-state index contributed by atoms with van der Waals surface area (Å²) < 4.78 is 0. The Morgan fingerprint density at radius 3 is 2.57 bits per heavy atom. The zero-order chi connectivity index (χ0) is 20.5. The number of aryl methyl sites for hydroxylation is 1. The van der Waals surface area contributed by atoms with Gasteiger partial charge in [-0.05, 0) is 68.5 Å². The van der Waals surface area contributed by atoms with E-state index < -0.39 is 5.54 Å². The van der Waals surface area contributed by atoms with Crippen molar-refractivity contribution in [3.63, 3.8) is 0 Å². The summed E-state index contributed by atoms with van der Waals surface area (Å²) in [7, 11) is 0. The van der Waals surface area contributed by atoms with Gasteiger partial charge in [-0.25, -0.2) is 4.79 Å². The molecule has 0 aliphatic carbocycles. The van der Waals surface area contributed by atoms with Crippen LogP contribution in [0.15, 0.2) is 59.9 Å². The maximum Gasteiger partial charge on any atom is 0.319 e. The summed E-state index contributed by atoms with van der Waals surface area (Å²) in [6.45, 7) is 11.6. The van der Waals surface area contributed by atoms with Gasteiger partial charge in [0.25, 0.3) is 5.56 Å². The summed E-state index contributed by atoms with van der Waals surface area (Å²) in [4.78, 5) is 27.2. The average molecular weight is 375 g/mol. The predicted octanol–water partition coefficient (Wildman–Crippen LogP) is 4.93. The molecule has 0 aliphatic rings. The van der Waals surface area contributed by atoms with Crippen molar-refractivity contribution in [3.8, 4) is 0 Å². The predicted molar refractivity (Wildman–Crippen MR) is 116 cm³/mol. The Bertz CT molecular complexity index is 1130. The lowest BCUT2D eigenvalue weighted by Gasteiger charge is -2.27. The van der Waals surface area contributed by atoms with Crippen LogP contribution in [0.3, 0.4) is 0 Å². The third-order valence-corrected chi connectivity index (χ3v) is 4.79. The molecule has 3 N–H and O–H groups in total. The van der Waals surface area contributed by atoms with Crippen molar-refractivity contribution >= 4 is 28.2 Å². The Morgan fingerprint density at radius 2 is 1.86 bits per heavy atom. The van der Waals surface area contributed by atoms with Gasteiger partial charge in [-0.2, -0.15) is 0 Å². The number of urea groups is 1. The fourth-order valence-corrected chi connectivity index (χ4v) is 3.08. The standard InChI is InChI=1S/C23H25N3O2/c1-14(2)16-7-6-8-18(12-16)23(4,5)26-22(28)24-19-10-9-17-11-15(3)21(27)25-20(17)13-19/h6-13H,1H2,2-5H3,(H,25,27)(H2,24,26,28). The Hall–Kier alpha value is -3.34. The van der Waals surface area contributed by atoms with E-state index >= 15 is 0 Å². The first-order chi connectivity index (χ1) is 13.2. The summed E-state index contributed by atoms with van der Waals surface area (Å²) >= 11 is 0. The highest BCUT2D eigenvalue weighted by molar-refractivity contribution is 5.93. The van der Waals surface area contributed by atoms with E-state index in [2.05, 4.69) is 22.2 Å². The average Bonchev–Trinajstić information content (AvgIpc) is 2.62. The minimum absolute atomic E-state index is 0.132. The summed E-state index contributed by atoms with van der Waals surface area (Å²) in [6.07, 6.45) is 0. The number of anilines is 1. The molecule has 3 rings (SSSR count). The molecule has 1 aromatic heterocycles. The van der Waals surface area contributed by atoms with Gasteiger partial charge in [-0.3, -0.25) is 4.79 Å². The van der Waals surface area contributed by atoms with Crippen LogP contribution in [-0.4, -0.2) is 11.0 Å². The smallest absolute Gasteiger partial charge is 0.319 e. The molecule has 0 bridgehead atoms. The minimum atomic E-state index is -0.572. The largest absolute Gasteiger partial charge is 0.329 e. The molecule has 0 atom stereocenters. The number of hydrogen-bond donors (Lipinski definition) is 3. The van der Waals surface area contributed by atoms with Gasteiger partial charge in [0.1, 0.15) is 0 Å². The molecule has 0 aliphatic heterocycles. The Balaban J connectivity index is 1.78. The van der Waals surface area contributed by atoms with Crippen LogP contribution in [0, 0.1) is 6.92 Å². The number of fused-ring (bicyclic) bond motifs is 1. The van der Waals surface area contributed by atoms with Crippen LogP contribution in [0.4, 0.5) is 10.5 Å². The number of carbonyl (C=O) groups excluding carboxylic acids is 1. The van der Waals surface area contributed by atoms with Crippen molar-refractivity contribution in [2.45, 2.75) is 33.2 Å². The second-order valence-electron chi connectivity index (χ2n) is 7.65. The van der Waals surface area contributed by atoms with Gasteiger partial charge in [0.05, 0.1) is 11.1 Å². The van der Waals surface area contributed by atoms with E-state index in [1.807, 2.05) is 63.2 Å². The quantitative estimate of drug-likeness (QED) is 0.605. The van der Waals surface area contributed by atoms with E-state index in [0.717, 1.165) is 22.1 Å². The van der Waals surface area contributed by atoms with E-state index in [1.54, 1.807) is 13.0 Å². The van der Waals surface area contributed by atoms with Crippen LogP contribution >= 0.6 is 0 Å². The Labute approximate surface area is 164 Å². The fraction of sp³-hybridized carbons (Fsp3) is 0.217. The number of aromatic nitrogens is 1. The topological polar surface area (TPSA) is 74.0 Å². The molecular formula is C23H25N3O2. The van der Waals surface area contributed by atoms with Crippen LogP contribution < -0.4 is 16.2 Å². The number of pyridine rings is 1. The molecule has 0 saturated carbocycles. The van der Waals surface area contributed by atoms with Gasteiger partial charge in [0.2, 0.25) is 0 Å². The van der Waals surface area contributed by atoms with Crippen LogP contribution in [-0.2, 0) is 5.54 Å². The zero-order valence-corrected chi connectivity index (χ0v) is 16.6. The number of H-pyrrole nitrogens is 1. The third kappa shape index (κ3) is 4.14. The number of rotatable bonds is 4. The van der Waals surface area contributed by atoms with E-state index in [-0.39, 0.29) is 11.6 Å². The maximum absolute atomic E-state index is 12.6. The van der Waals surface area contributed by atoms with Gasteiger partial charge in [-0.15, -0.1) is 0 Å². The molecular weight excluding hydrogens is 350 g/mol. The minimum Gasteiger partial charge on any atom is -0.329 e. The molecule has 28 heavy (non-hydrogen) atoms. The van der Waals surface area contributed by atoms with Crippen molar-refractivity contribution in [1.82, 2.24) is 10.3 Å². The van der Waals surface area contributed by atoms with E-state index in [0.29, 0.717) is 16.8 Å². The number of hydrogen-bond acceptors (Lipinski definition) is 2. The van der Waals surface area contributed by atoms with Gasteiger partial charge < -0.3 is 15.6 Å². The first-order valence-electron chi connectivity index (χ1n) is 9.15. The zero-order valence-electron chi connectivity index (χ0n) is 16.6. The van der Waals surface area contributed by atoms with Gasteiger partial charge in [-0.1, -0.05) is 36.4 Å². The lowest BCUT2D eigenvalue weighted by atomic mass is 9.92. The van der Waals surface area contributed by atoms with Crippen LogP contribution in [0.2, 0.25) is 0 Å². The number of nitrogens with one attached hydrogen (secondary N) is 3. The summed E-state index contributed by atoms with van der Waals surface area (Å²) in [5.74, 6) is 0. The highest BCUT2D eigenvalue weighted by Crippen LogP contribution is 2.24. The maximum atomic E-state index is 12.6. The van der Waals surface area contributed by atoms with E-state index in [4.69, 9.17) is 0 Å². The Morgan fingerprint density at radius 1 is 1.11 bits per heavy atom. The lowest BCUT2D eigenvalue weighted by molar-refractivity contribution is 0.242. The normalized spacial score (nSPS) is 11.3. The van der Waals surface area contributed by atoms with Crippen molar-refractivity contribution in [2.75, 3.05) is 5.32 Å². The van der Waals surface area contributed by atoms with E-state index in [1.165, 1.54) is 0 Å². The molecule has 144 valence electrons. The highest BCUT2D eigenvalue weighted by Gasteiger charge is 2.23. The van der Waals surface area contributed by atoms with Crippen LogP contribution in [0.1, 0.15) is 37.5 Å². The van der Waals surface area contributed by atoms with Crippen LogP contribution in [0.25, 0.3) is 16.5 Å². The molecule has 2 aromatic carbocycles. The second-order valence-corrected chi connectivity index (χ2v) is 7.65. The monoisotopic (exact) mass is 375 g/mol. The van der Waals surface area contributed by atoms with Crippen molar-refractivity contribution in [2.24, 2.45) is 0 Å². The van der Waals surface area contributed by atoms with Crippen molar-refractivity contribution in [1.29, 1.82) is 0 Å². The number of amides is 2. The molecule has 0 saturated heterocycles. The van der Waals surface area contributed by atoms with Gasteiger partial charge in [0, 0.05) is 11.3 Å². The molecule has 2 amide bonds. The second kappa shape index (κ2) is 7.35. The summed E-state index contributed by atoms with van der Waals surface area (Å²) in [5, 5.41) is 6.76. The molecule has 5 heteroatoms. The number of benzene rings is 2. The highest BCUT2D eigenvalue weighted by atomic mass is 16.2. The Kier molecular flexibility index (Phi) is 5.10. The third-order valence-electron chi connectivity index (χ3n) is 4.79. The van der Waals surface area contributed by atoms with Crippen molar-refractivity contribution in [3.05, 3.63) is 82.2 Å². The van der Waals surface area contributed by atoms with E-state index in [9.17, 15) is 9.59 Å².